The van der Waals surface area contributed by atoms with Crippen LogP contribution < -0.4 is 0 Å². The molecule has 0 aliphatic rings. The number of hydrogen-bond acceptors (Lipinski definition) is 2. The first-order chi connectivity index (χ1) is 9.63. The number of hydrogen-bond donors (Lipinski definition) is 0. The summed E-state index contributed by atoms with van der Waals surface area (Å²) in [6.45, 7) is 6.19. The van der Waals surface area contributed by atoms with Crippen LogP contribution in [-0.2, 0) is 0 Å². The maximum Gasteiger partial charge on any atom is 0.0688 e. The third-order valence-electron chi connectivity index (χ3n) is 3.46. The molecule has 0 unspecified atom stereocenters. The van der Waals surface area contributed by atoms with Crippen molar-refractivity contribution in [1.29, 1.82) is 0 Å². The minimum Gasteiger partial charge on any atom is -0.293 e. The Morgan fingerprint density at radius 1 is 0.950 bits per heavy atom. The van der Waals surface area contributed by atoms with Gasteiger partial charge in [0.25, 0.3) is 0 Å². The van der Waals surface area contributed by atoms with Crippen LogP contribution >= 0.6 is 0 Å². The SMILES string of the molecule is CN=C(C)c1ccccc1C=Nc1c(C)cccc1C. The first kappa shape index (κ1) is 14.2. The Kier molecular flexibility index (Phi) is 4.46. The van der Waals surface area contributed by atoms with Crippen LogP contribution in [0.1, 0.15) is 29.2 Å². The number of aliphatic imine (C=N–C) groups is 2. The van der Waals surface area contributed by atoms with Crippen molar-refractivity contribution in [3.63, 3.8) is 0 Å². The molecule has 0 saturated carbocycles. The first-order valence-electron chi connectivity index (χ1n) is 6.76. The maximum atomic E-state index is 4.67. The first-order valence-corrected chi connectivity index (χ1v) is 6.76. The van der Waals surface area contributed by atoms with E-state index in [0.717, 1.165) is 22.5 Å². The predicted molar refractivity (Wildman–Crippen MR) is 87.7 cm³/mol. The molecule has 0 bridgehead atoms. The molecule has 0 aliphatic carbocycles. The van der Waals surface area contributed by atoms with Gasteiger partial charge in [0, 0.05) is 30.1 Å². The third kappa shape index (κ3) is 3.02. The molecule has 2 heteroatoms. The Balaban J connectivity index is 2.43. The third-order valence-corrected chi connectivity index (χ3v) is 3.46. The summed E-state index contributed by atoms with van der Waals surface area (Å²) in [7, 11) is 1.81. The molecule has 0 fully saturated rings. The quantitative estimate of drug-likeness (QED) is 0.730. The van der Waals surface area contributed by atoms with Crippen LogP contribution in [0.2, 0.25) is 0 Å². The van der Waals surface area contributed by atoms with E-state index in [2.05, 4.69) is 54.2 Å². The van der Waals surface area contributed by atoms with E-state index in [0.29, 0.717) is 0 Å². The van der Waals surface area contributed by atoms with Crippen LogP contribution in [0.3, 0.4) is 0 Å². The normalized spacial score (nSPS) is 12.1. The van der Waals surface area contributed by atoms with Crippen LogP contribution in [0.15, 0.2) is 52.4 Å². The number of benzene rings is 2. The van der Waals surface area contributed by atoms with Crippen molar-refractivity contribution in [2.24, 2.45) is 9.98 Å². The molecule has 2 rings (SSSR count). The molecule has 0 radical (unpaired) electrons. The maximum absolute atomic E-state index is 4.67. The van der Waals surface area contributed by atoms with E-state index in [4.69, 9.17) is 0 Å². The van der Waals surface area contributed by atoms with Gasteiger partial charge in [-0.25, -0.2) is 0 Å². The fourth-order valence-electron chi connectivity index (χ4n) is 2.20. The molecule has 102 valence electrons. The van der Waals surface area contributed by atoms with Gasteiger partial charge in [0.15, 0.2) is 0 Å². The second kappa shape index (κ2) is 6.29. The van der Waals surface area contributed by atoms with Crippen LogP contribution in [0.5, 0.6) is 0 Å². The van der Waals surface area contributed by atoms with Crippen LogP contribution in [0.4, 0.5) is 5.69 Å². The standard InChI is InChI=1S/C18H20N2/c1-13-8-7-9-14(2)18(13)20-12-16-10-5-6-11-17(16)15(3)19-4/h5-12H,1-4H3. The summed E-state index contributed by atoms with van der Waals surface area (Å²) >= 11 is 0. The largest absolute Gasteiger partial charge is 0.293 e. The fraction of sp³-hybridized carbons (Fsp3) is 0.222. The molecule has 2 nitrogen and oxygen atoms in total. The molecule has 0 aromatic heterocycles. The lowest BCUT2D eigenvalue weighted by atomic mass is 10.0. The molecule has 0 amide bonds. The molecule has 0 atom stereocenters. The molecular weight excluding hydrogens is 244 g/mol. The minimum atomic E-state index is 1.02. The van der Waals surface area contributed by atoms with Crippen LogP contribution in [0.25, 0.3) is 0 Å². The van der Waals surface area contributed by atoms with Gasteiger partial charge >= 0.3 is 0 Å². The lowest BCUT2D eigenvalue weighted by molar-refractivity contribution is 1.33. The van der Waals surface area contributed by atoms with Crippen molar-refractivity contribution in [3.05, 3.63) is 64.7 Å². The Bertz CT molecular complexity index is 647. The molecular formula is C18H20N2. The van der Waals surface area contributed by atoms with E-state index >= 15 is 0 Å². The molecule has 2 aromatic rings. The van der Waals surface area contributed by atoms with E-state index in [-0.39, 0.29) is 0 Å². The molecule has 0 saturated heterocycles. The Morgan fingerprint density at radius 3 is 2.25 bits per heavy atom. The summed E-state index contributed by atoms with van der Waals surface area (Å²) < 4.78 is 0. The summed E-state index contributed by atoms with van der Waals surface area (Å²) in [5, 5.41) is 0. The van der Waals surface area contributed by atoms with Gasteiger partial charge < -0.3 is 0 Å². The van der Waals surface area contributed by atoms with Gasteiger partial charge in [0.05, 0.1) is 5.69 Å². The highest BCUT2D eigenvalue weighted by molar-refractivity contribution is 6.05. The second-order valence-corrected chi connectivity index (χ2v) is 4.89. The highest BCUT2D eigenvalue weighted by atomic mass is 14.7. The van der Waals surface area contributed by atoms with E-state index in [1.54, 1.807) is 0 Å². The van der Waals surface area contributed by atoms with Gasteiger partial charge in [0.1, 0.15) is 0 Å². The molecule has 0 spiro atoms. The predicted octanol–water partition coefficient (Wildman–Crippen LogP) is 4.49. The highest BCUT2D eigenvalue weighted by Crippen LogP contribution is 2.23. The van der Waals surface area contributed by atoms with Crippen LogP contribution in [0, 0.1) is 13.8 Å². The summed E-state index contributed by atoms with van der Waals surface area (Å²) in [4.78, 5) is 8.94. The molecule has 20 heavy (non-hydrogen) atoms. The van der Waals surface area contributed by atoms with E-state index in [1.165, 1.54) is 11.1 Å². The summed E-state index contributed by atoms with van der Waals surface area (Å²) in [5.41, 5.74) is 6.68. The average molecular weight is 264 g/mol. The van der Waals surface area contributed by atoms with Crippen molar-refractivity contribution >= 4 is 17.6 Å². The zero-order chi connectivity index (χ0) is 14.5. The second-order valence-electron chi connectivity index (χ2n) is 4.89. The number of para-hydroxylation sites is 1. The monoisotopic (exact) mass is 264 g/mol. The molecule has 0 aliphatic heterocycles. The topological polar surface area (TPSA) is 24.7 Å². The zero-order valence-corrected chi connectivity index (χ0v) is 12.5. The van der Waals surface area contributed by atoms with Crippen molar-refractivity contribution in [3.8, 4) is 0 Å². The number of rotatable bonds is 3. The van der Waals surface area contributed by atoms with Crippen molar-refractivity contribution in [2.45, 2.75) is 20.8 Å². The average Bonchev–Trinajstić information content (AvgIpc) is 2.46. The van der Waals surface area contributed by atoms with Gasteiger partial charge in [-0.2, -0.15) is 0 Å². The lowest BCUT2D eigenvalue weighted by Gasteiger charge is -2.06. The zero-order valence-electron chi connectivity index (χ0n) is 12.5. The van der Waals surface area contributed by atoms with Gasteiger partial charge in [0.2, 0.25) is 0 Å². The van der Waals surface area contributed by atoms with Crippen molar-refractivity contribution in [2.75, 3.05) is 7.05 Å². The lowest BCUT2D eigenvalue weighted by Crippen LogP contribution is -1.99. The summed E-state index contributed by atoms with van der Waals surface area (Å²) in [5.74, 6) is 0. The van der Waals surface area contributed by atoms with Gasteiger partial charge in [-0.15, -0.1) is 0 Å². The van der Waals surface area contributed by atoms with Crippen LogP contribution in [-0.4, -0.2) is 19.0 Å². The molecule has 0 N–H and O–H groups in total. The summed E-state index contributed by atoms with van der Waals surface area (Å²) in [6, 6.07) is 14.4. The van der Waals surface area contributed by atoms with Gasteiger partial charge in [-0.3, -0.25) is 9.98 Å². The van der Waals surface area contributed by atoms with E-state index in [1.807, 2.05) is 32.3 Å². The molecule has 2 aromatic carbocycles. The van der Waals surface area contributed by atoms with Gasteiger partial charge in [-0.05, 0) is 31.9 Å². The Labute approximate surface area is 120 Å². The fourth-order valence-corrected chi connectivity index (χ4v) is 2.20. The number of aryl methyl sites for hydroxylation is 2. The minimum absolute atomic E-state index is 1.02. The van der Waals surface area contributed by atoms with Gasteiger partial charge in [-0.1, -0.05) is 42.5 Å². The summed E-state index contributed by atoms with van der Waals surface area (Å²) in [6.07, 6.45) is 1.93. The smallest absolute Gasteiger partial charge is 0.0688 e. The van der Waals surface area contributed by atoms with Crippen molar-refractivity contribution in [1.82, 2.24) is 0 Å². The molecule has 0 heterocycles. The Morgan fingerprint density at radius 2 is 1.60 bits per heavy atom. The van der Waals surface area contributed by atoms with E-state index < -0.39 is 0 Å². The highest BCUT2D eigenvalue weighted by Gasteiger charge is 2.03. The number of nitrogens with zero attached hydrogens (tertiary/aromatic N) is 2. The van der Waals surface area contributed by atoms with Crippen molar-refractivity contribution < 1.29 is 0 Å². The van der Waals surface area contributed by atoms with E-state index in [9.17, 15) is 0 Å². The Hall–Kier alpha value is -2.22.